The van der Waals surface area contributed by atoms with Gasteiger partial charge in [0.05, 0.1) is 0 Å². The van der Waals surface area contributed by atoms with Crippen molar-refractivity contribution in [3.8, 4) is 0 Å². The Balaban J connectivity index is 2.07. The number of likely N-dealkylation sites (tertiary alicyclic amines) is 1. The van der Waals surface area contributed by atoms with Crippen LogP contribution in [0.2, 0.25) is 0 Å². The van der Waals surface area contributed by atoms with E-state index in [4.69, 9.17) is 0 Å². The van der Waals surface area contributed by atoms with Gasteiger partial charge in [-0.3, -0.25) is 0 Å². The Morgan fingerprint density at radius 1 is 1.21 bits per heavy atom. The normalized spacial score (nSPS) is 39.0. The predicted octanol–water partition coefficient (Wildman–Crippen LogP) is 3.15. The van der Waals surface area contributed by atoms with Gasteiger partial charge in [-0.2, -0.15) is 0 Å². The van der Waals surface area contributed by atoms with Crippen LogP contribution in [0.1, 0.15) is 46.5 Å². The summed E-state index contributed by atoms with van der Waals surface area (Å²) < 4.78 is 0. The Morgan fingerprint density at radius 3 is 2.64 bits per heavy atom. The first-order valence-corrected chi connectivity index (χ1v) is 6.48. The number of hydrogen-bond donors (Lipinski definition) is 0. The summed E-state index contributed by atoms with van der Waals surface area (Å²) in [5.74, 6) is 2.95. The van der Waals surface area contributed by atoms with Crippen molar-refractivity contribution in [3.05, 3.63) is 0 Å². The van der Waals surface area contributed by atoms with Gasteiger partial charge in [0, 0.05) is 6.04 Å². The summed E-state index contributed by atoms with van der Waals surface area (Å²) in [7, 11) is 0. The van der Waals surface area contributed by atoms with Crippen LogP contribution >= 0.6 is 0 Å². The molecule has 2 fully saturated rings. The molecule has 0 spiro atoms. The van der Waals surface area contributed by atoms with Crippen molar-refractivity contribution >= 4 is 0 Å². The Kier molecular flexibility index (Phi) is 3.16. The first-order chi connectivity index (χ1) is 6.74. The highest BCUT2D eigenvalue weighted by molar-refractivity contribution is 4.93. The molecule has 1 heteroatoms. The van der Waals surface area contributed by atoms with E-state index in [9.17, 15) is 0 Å². The van der Waals surface area contributed by atoms with E-state index in [2.05, 4.69) is 25.7 Å². The van der Waals surface area contributed by atoms with Crippen LogP contribution in [-0.2, 0) is 0 Å². The number of nitrogens with zero attached hydrogens (tertiary/aromatic N) is 1. The molecule has 1 saturated carbocycles. The molecule has 1 nitrogen and oxygen atoms in total. The van der Waals surface area contributed by atoms with E-state index in [1.807, 2.05) is 0 Å². The summed E-state index contributed by atoms with van der Waals surface area (Å²) in [5, 5.41) is 0. The van der Waals surface area contributed by atoms with E-state index < -0.39 is 0 Å². The molecule has 2 aliphatic rings. The van der Waals surface area contributed by atoms with Crippen molar-refractivity contribution in [1.29, 1.82) is 0 Å². The van der Waals surface area contributed by atoms with Gasteiger partial charge in [-0.1, -0.05) is 27.2 Å². The number of hydrogen-bond acceptors (Lipinski definition) is 1. The molecule has 0 amide bonds. The van der Waals surface area contributed by atoms with Gasteiger partial charge in [-0.15, -0.1) is 0 Å². The molecule has 2 unspecified atom stereocenters. The molecule has 0 aromatic rings. The molecular formula is C13H25N. The Bertz CT molecular complexity index is 188. The van der Waals surface area contributed by atoms with E-state index in [-0.39, 0.29) is 0 Å². The molecule has 0 radical (unpaired) electrons. The molecule has 3 atom stereocenters. The largest absolute Gasteiger partial charge is 0.300 e. The third kappa shape index (κ3) is 1.71. The summed E-state index contributed by atoms with van der Waals surface area (Å²) in [6, 6.07) is 0.946. The van der Waals surface area contributed by atoms with Crippen LogP contribution < -0.4 is 0 Å². The van der Waals surface area contributed by atoms with Gasteiger partial charge in [0.2, 0.25) is 0 Å². The third-order valence-corrected chi connectivity index (χ3v) is 4.56. The highest BCUT2D eigenvalue weighted by atomic mass is 15.2. The van der Waals surface area contributed by atoms with Crippen LogP contribution in [0.5, 0.6) is 0 Å². The standard InChI is InChI=1S/C13H25N/c1-4-14-9-8-11(10(2)3)12-6-5-7-13(12)14/h10-13H,4-9H2,1-3H3/t11?,12?,13-/m0/s1. The van der Waals surface area contributed by atoms with Crippen LogP contribution in [-0.4, -0.2) is 24.0 Å². The van der Waals surface area contributed by atoms with Crippen molar-refractivity contribution in [2.75, 3.05) is 13.1 Å². The maximum absolute atomic E-state index is 2.73. The van der Waals surface area contributed by atoms with Crippen LogP contribution in [0.25, 0.3) is 0 Å². The van der Waals surface area contributed by atoms with Crippen molar-refractivity contribution in [2.24, 2.45) is 17.8 Å². The van der Waals surface area contributed by atoms with E-state index in [1.165, 1.54) is 38.8 Å². The SMILES string of the molecule is CCN1CCC(C(C)C)C2CCC[C@@H]21. The Morgan fingerprint density at radius 2 is 2.00 bits per heavy atom. The predicted molar refractivity (Wildman–Crippen MR) is 61.3 cm³/mol. The van der Waals surface area contributed by atoms with E-state index >= 15 is 0 Å². The van der Waals surface area contributed by atoms with Crippen LogP contribution in [0.4, 0.5) is 0 Å². The highest BCUT2D eigenvalue weighted by Gasteiger charge is 2.40. The first kappa shape index (κ1) is 10.5. The maximum Gasteiger partial charge on any atom is 0.0126 e. The molecule has 0 aromatic carbocycles. The summed E-state index contributed by atoms with van der Waals surface area (Å²) >= 11 is 0. The summed E-state index contributed by atoms with van der Waals surface area (Å²) in [5.41, 5.74) is 0. The van der Waals surface area contributed by atoms with Crippen LogP contribution in [0, 0.1) is 17.8 Å². The number of rotatable bonds is 2. The number of piperidine rings is 1. The zero-order valence-corrected chi connectivity index (χ0v) is 10.00. The van der Waals surface area contributed by atoms with Crippen molar-refractivity contribution in [3.63, 3.8) is 0 Å². The second-order valence-electron chi connectivity index (χ2n) is 5.49. The van der Waals surface area contributed by atoms with Gasteiger partial charge in [-0.05, 0) is 50.1 Å². The van der Waals surface area contributed by atoms with Crippen LogP contribution in [0.15, 0.2) is 0 Å². The maximum atomic E-state index is 2.73. The molecule has 0 N–H and O–H groups in total. The van der Waals surface area contributed by atoms with Gasteiger partial charge < -0.3 is 4.90 Å². The van der Waals surface area contributed by atoms with Crippen LogP contribution in [0.3, 0.4) is 0 Å². The fourth-order valence-electron chi connectivity index (χ4n) is 3.84. The molecule has 82 valence electrons. The minimum absolute atomic E-state index is 0.902. The Hall–Kier alpha value is -0.0400. The zero-order valence-electron chi connectivity index (χ0n) is 10.00. The van der Waals surface area contributed by atoms with Crippen molar-refractivity contribution in [2.45, 2.75) is 52.5 Å². The van der Waals surface area contributed by atoms with Crippen molar-refractivity contribution < 1.29 is 0 Å². The first-order valence-electron chi connectivity index (χ1n) is 6.48. The van der Waals surface area contributed by atoms with Gasteiger partial charge >= 0.3 is 0 Å². The summed E-state index contributed by atoms with van der Waals surface area (Å²) in [4.78, 5) is 2.73. The second kappa shape index (κ2) is 4.22. The van der Waals surface area contributed by atoms with Gasteiger partial charge in [0.1, 0.15) is 0 Å². The van der Waals surface area contributed by atoms with Gasteiger partial charge in [0.15, 0.2) is 0 Å². The lowest BCUT2D eigenvalue weighted by atomic mass is 9.75. The smallest absolute Gasteiger partial charge is 0.0126 e. The average molecular weight is 195 g/mol. The van der Waals surface area contributed by atoms with Gasteiger partial charge in [0.25, 0.3) is 0 Å². The van der Waals surface area contributed by atoms with Crippen molar-refractivity contribution in [1.82, 2.24) is 4.90 Å². The topological polar surface area (TPSA) is 3.24 Å². The fourth-order valence-corrected chi connectivity index (χ4v) is 3.84. The summed E-state index contributed by atoms with van der Waals surface area (Å²) in [6.07, 6.45) is 5.91. The monoisotopic (exact) mass is 195 g/mol. The minimum atomic E-state index is 0.902. The molecule has 2 rings (SSSR count). The molecule has 1 heterocycles. The second-order valence-corrected chi connectivity index (χ2v) is 5.49. The fraction of sp³-hybridized carbons (Fsp3) is 1.00. The molecule has 0 bridgehead atoms. The molecule has 14 heavy (non-hydrogen) atoms. The highest BCUT2D eigenvalue weighted by Crippen LogP contribution is 2.43. The van der Waals surface area contributed by atoms with E-state index in [0.29, 0.717) is 0 Å². The lowest BCUT2D eigenvalue weighted by molar-refractivity contribution is 0.0515. The molecule has 1 aliphatic heterocycles. The zero-order chi connectivity index (χ0) is 10.1. The van der Waals surface area contributed by atoms with Gasteiger partial charge in [-0.25, -0.2) is 0 Å². The Labute approximate surface area is 88.9 Å². The average Bonchev–Trinajstić information content (AvgIpc) is 2.64. The third-order valence-electron chi connectivity index (χ3n) is 4.56. The minimum Gasteiger partial charge on any atom is -0.300 e. The quantitative estimate of drug-likeness (QED) is 0.654. The van der Waals surface area contributed by atoms with E-state index in [1.54, 1.807) is 0 Å². The summed E-state index contributed by atoms with van der Waals surface area (Å²) in [6.45, 7) is 9.79. The molecule has 0 aromatic heterocycles. The lowest BCUT2D eigenvalue weighted by Gasteiger charge is -2.43. The molecule has 1 aliphatic carbocycles. The van der Waals surface area contributed by atoms with E-state index in [0.717, 1.165) is 23.8 Å². The molecular weight excluding hydrogens is 170 g/mol. The number of fused-ring (bicyclic) bond motifs is 1. The lowest BCUT2D eigenvalue weighted by Crippen LogP contribution is -2.47. The molecule has 1 saturated heterocycles.